The molecule has 1 fully saturated rings. The molecule has 0 aromatic heterocycles. The quantitative estimate of drug-likeness (QED) is 0.329. The van der Waals surface area contributed by atoms with Gasteiger partial charge in [-0.25, -0.2) is 4.79 Å². The van der Waals surface area contributed by atoms with E-state index in [1.54, 1.807) is 0 Å². The van der Waals surface area contributed by atoms with Gasteiger partial charge >= 0.3 is 5.97 Å². The molecule has 0 radical (unpaired) electrons. The van der Waals surface area contributed by atoms with Gasteiger partial charge in [-0.05, 0) is 0 Å². The van der Waals surface area contributed by atoms with Crippen LogP contribution in [0.2, 0.25) is 0 Å². The minimum atomic E-state index is -1.71. The van der Waals surface area contributed by atoms with Crippen LogP contribution in [0.25, 0.3) is 0 Å². The average molecular weight is 208 g/mol. The maximum Gasteiger partial charge on any atom is 0.335 e. The lowest BCUT2D eigenvalue weighted by Crippen LogP contribution is -2.57. The standard InChI is InChI=1S/C7H12O7/c8-1-2-3(9)5(6(11)12)14-7(13)4(2)10/h2-5,7-10,13H,1H2,(H,11,12)/t2?,3-,4-,5-,7+/m1/s1. The third-order valence-corrected chi connectivity index (χ3v) is 2.22. The summed E-state index contributed by atoms with van der Waals surface area (Å²) in [6.45, 7) is -0.632. The number of carboxylic acid groups (broad SMARTS) is 1. The van der Waals surface area contributed by atoms with E-state index in [9.17, 15) is 15.0 Å². The van der Waals surface area contributed by atoms with Crippen LogP contribution < -0.4 is 0 Å². The smallest absolute Gasteiger partial charge is 0.335 e. The molecule has 7 heteroatoms. The Morgan fingerprint density at radius 3 is 2.21 bits per heavy atom. The Hall–Kier alpha value is -0.730. The largest absolute Gasteiger partial charge is 0.479 e. The first kappa shape index (κ1) is 11.3. The molecule has 5 atom stereocenters. The van der Waals surface area contributed by atoms with Gasteiger partial charge in [0.15, 0.2) is 12.4 Å². The Bertz CT molecular complexity index is 218. The van der Waals surface area contributed by atoms with Gasteiger partial charge < -0.3 is 30.3 Å². The number of aliphatic hydroxyl groups excluding tert-OH is 4. The number of hydrogen-bond donors (Lipinski definition) is 5. The predicted octanol–water partition coefficient (Wildman–Crippen LogP) is -2.88. The third-order valence-electron chi connectivity index (χ3n) is 2.22. The lowest BCUT2D eigenvalue weighted by atomic mass is 9.89. The number of rotatable bonds is 2. The summed E-state index contributed by atoms with van der Waals surface area (Å²) in [5.41, 5.74) is 0. The number of ether oxygens (including phenoxy) is 1. The van der Waals surface area contributed by atoms with Crippen molar-refractivity contribution in [2.24, 2.45) is 5.92 Å². The van der Waals surface area contributed by atoms with Crippen molar-refractivity contribution in [1.29, 1.82) is 0 Å². The van der Waals surface area contributed by atoms with Crippen molar-refractivity contribution < 1.29 is 35.1 Å². The van der Waals surface area contributed by atoms with Gasteiger partial charge in [0.2, 0.25) is 0 Å². The molecule has 0 saturated carbocycles. The summed E-state index contributed by atoms with van der Waals surface area (Å²) in [4.78, 5) is 10.5. The van der Waals surface area contributed by atoms with Gasteiger partial charge in [-0.3, -0.25) is 0 Å². The zero-order valence-corrected chi connectivity index (χ0v) is 7.15. The maximum atomic E-state index is 10.5. The lowest BCUT2D eigenvalue weighted by molar-refractivity contribution is -0.271. The summed E-state index contributed by atoms with van der Waals surface area (Å²) < 4.78 is 4.45. The molecule has 14 heavy (non-hydrogen) atoms. The van der Waals surface area contributed by atoms with Gasteiger partial charge in [0, 0.05) is 5.92 Å². The van der Waals surface area contributed by atoms with Crippen LogP contribution in [-0.4, -0.2) is 62.7 Å². The molecule has 0 spiro atoms. The van der Waals surface area contributed by atoms with Crippen molar-refractivity contribution in [3.63, 3.8) is 0 Å². The van der Waals surface area contributed by atoms with E-state index < -0.39 is 43.1 Å². The van der Waals surface area contributed by atoms with E-state index in [-0.39, 0.29) is 0 Å². The van der Waals surface area contributed by atoms with E-state index in [2.05, 4.69) is 4.74 Å². The van der Waals surface area contributed by atoms with E-state index in [4.69, 9.17) is 15.3 Å². The summed E-state index contributed by atoms with van der Waals surface area (Å²) in [6.07, 6.45) is -6.39. The second-order valence-corrected chi connectivity index (χ2v) is 3.11. The number of aliphatic hydroxyl groups is 4. The van der Waals surface area contributed by atoms with Crippen molar-refractivity contribution in [3.05, 3.63) is 0 Å². The highest BCUT2D eigenvalue weighted by molar-refractivity contribution is 5.73. The molecule has 1 rings (SSSR count). The van der Waals surface area contributed by atoms with Gasteiger partial charge in [0.25, 0.3) is 0 Å². The predicted molar refractivity (Wildman–Crippen MR) is 41.1 cm³/mol. The molecule has 5 N–H and O–H groups in total. The van der Waals surface area contributed by atoms with Gasteiger partial charge in [0.1, 0.15) is 6.10 Å². The topological polar surface area (TPSA) is 127 Å². The normalized spacial score (nSPS) is 43.6. The molecule has 0 aromatic rings. The fourth-order valence-corrected chi connectivity index (χ4v) is 1.37. The molecule has 0 bridgehead atoms. The highest BCUT2D eigenvalue weighted by atomic mass is 16.6. The maximum absolute atomic E-state index is 10.5. The van der Waals surface area contributed by atoms with Crippen molar-refractivity contribution in [2.75, 3.05) is 6.61 Å². The molecule has 1 saturated heterocycles. The van der Waals surface area contributed by atoms with Crippen LogP contribution >= 0.6 is 0 Å². The molecule has 0 amide bonds. The van der Waals surface area contributed by atoms with Gasteiger partial charge in [0.05, 0.1) is 12.7 Å². The SMILES string of the molecule is O=C(O)[C@@H]1O[C@H](O)[C@H](O)C(CO)[C@H]1O. The summed E-state index contributed by atoms with van der Waals surface area (Å²) in [5.74, 6) is -2.58. The van der Waals surface area contributed by atoms with Gasteiger partial charge in [-0.2, -0.15) is 0 Å². The Labute approximate surface area is 79.2 Å². The van der Waals surface area contributed by atoms with Crippen LogP contribution in [-0.2, 0) is 9.53 Å². The van der Waals surface area contributed by atoms with Crippen LogP contribution in [0.15, 0.2) is 0 Å². The Kier molecular flexibility index (Phi) is 3.40. The molecule has 1 heterocycles. The fraction of sp³-hybridized carbons (Fsp3) is 0.857. The second-order valence-electron chi connectivity index (χ2n) is 3.11. The first-order valence-corrected chi connectivity index (χ1v) is 4.02. The van der Waals surface area contributed by atoms with E-state index in [1.165, 1.54) is 0 Å². The first-order valence-electron chi connectivity index (χ1n) is 4.02. The number of hydrogen-bond acceptors (Lipinski definition) is 6. The second kappa shape index (κ2) is 4.20. The summed E-state index contributed by atoms with van der Waals surface area (Å²) in [5, 5.41) is 45.0. The molecule has 0 aromatic carbocycles. The number of aliphatic carboxylic acids is 1. The molecular formula is C7H12O7. The zero-order valence-electron chi connectivity index (χ0n) is 7.15. The number of carboxylic acids is 1. The average Bonchev–Trinajstić information content (AvgIpc) is 2.12. The van der Waals surface area contributed by atoms with Crippen LogP contribution in [0.1, 0.15) is 0 Å². The number of carbonyl (C=O) groups is 1. The minimum Gasteiger partial charge on any atom is -0.479 e. The molecular weight excluding hydrogens is 196 g/mol. The van der Waals surface area contributed by atoms with E-state index in [1.807, 2.05) is 0 Å². The molecule has 0 aliphatic carbocycles. The molecule has 82 valence electrons. The van der Waals surface area contributed by atoms with Crippen molar-refractivity contribution in [1.82, 2.24) is 0 Å². The monoisotopic (exact) mass is 208 g/mol. The van der Waals surface area contributed by atoms with Gasteiger partial charge in [-0.1, -0.05) is 0 Å². The minimum absolute atomic E-state index is 0.632. The fourth-order valence-electron chi connectivity index (χ4n) is 1.37. The van der Waals surface area contributed by atoms with Crippen LogP contribution in [0.5, 0.6) is 0 Å². The highest BCUT2D eigenvalue weighted by Gasteiger charge is 2.46. The van der Waals surface area contributed by atoms with Crippen LogP contribution in [0, 0.1) is 5.92 Å². The molecule has 1 unspecified atom stereocenters. The molecule has 1 aliphatic rings. The summed E-state index contributed by atoms with van der Waals surface area (Å²) in [6, 6.07) is 0. The van der Waals surface area contributed by atoms with Crippen LogP contribution in [0.3, 0.4) is 0 Å². The first-order chi connectivity index (χ1) is 6.49. The van der Waals surface area contributed by atoms with Crippen molar-refractivity contribution in [3.8, 4) is 0 Å². The van der Waals surface area contributed by atoms with Crippen molar-refractivity contribution in [2.45, 2.75) is 24.6 Å². The van der Waals surface area contributed by atoms with Crippen LogP contribution in [0.4, 0.5) is 0 Å². The van der Waals surface area contributed by atoms with Gasteiger partial charge in [-0.15, -0.1) is 0 Å². The summed E-state index contributed by atoms with van der Waals surface area (Å²) >= 11 is 0. The molecule has 1 aliphatic heterocycles. The molecule has 7 nitrogen and oxygen atoms in total. The Balaban J connectivity index is 2.80. The third kappa shape index (κ3) is 1.86. The van der Waals surface area contributed by atoms with E-state index in [0.29, 0.717) is 0 Å². The summed E-state index contributed by atoms with van der Waals surface area (Å²) in [7, 11) is 0. The Morgan fingerprint density at radius 1 is 1.21 bits per heavy atom. The lowest BCUT2D eigenvalue weighted by Gasteiger charge is -2.38. The zero-order chi connectivity index (χ0) is 10.9. The highest BCUT2D eigenvalue weighted by Crippen LogP contribution is 2.24. The van der Waals surface area contributed by atoms with E-state index >= 15 is 0 Å². The van der Waals surface area contributed by atoms with Crippen molar-refractivity contribution >= 4 is 5.97 Å². The van der Waals surface area contributed by atoms with E-state index in [0.717, 1.165) is 0 Å². The Morgan fingerprint density at radius 2 is 1.79 bits per heavy atom.